The number of piperidine rings is 1. The fraction of sp³-hybridized carbons (Fsp3) is 0.467. The maximum Gasteiger partial charge on any atom is 0.228 e. The smallest absolute Gasteiger partial charge is 0.228 e. The van der Waals surface area contributed by atoms with Crippen molar-refractivity contribution in [3.05, 3.63) is 30.0 Å². The monoisotopic (exact) mass is 274 g/mol. The Hall–Kier alpha value is -1.88. The Kier molecular flexibility index (Phi) is 3.44. The van der Waals surface area contributed by atoms with Gasteiger partial charge in [0.2, 0.25) is 5.91 Å². The van der Waals surface area contributed by atoms with Gasteiger partial charge < -0.3 is 14.5 Å². The first-order chi connectivity index (χ1) is 9.65. The lowest BCUT2D eigenvalue weighted by Gasteiger charge is -2.34. The van der Waals surface area contributed by atoms with Crippen LogP contribution in [0.15, 0.2) is 28.8 Å². The number of aromatic nitrogens is 1. The molecule has 1 N–H and O–H groups in total. The Labute approximate surface area is 117 Å². The second-order valence-electron chi connectivity index (χ2n) is 5.48. The zero-order chi connectivity index (χ0) is 14.1. The minimum absolute atomic E-state index is 0.0443. The summed E-state index contributed by atoms with van der Waals surface area (Å²) in [7, 11) is 0. The molecule has 0 aliphatic carbocycles. The van der Waals surface area contributed by atoms with Gasteiger partial charge in [-0.05, 0) is 24.5 Å². The third kappa shape index (κ3) is 2.41. The number of carbonyl (C=O) groups excluding carboxylic acids is 1. The highest BCUT2D eigenvalue weighted by molar-refractivity contribution is 5.86. The molecule has 1 aromatic heterocycles. The average molecular weight is 274 g/mol. The normalized spacial score (nSPS) is 23.2. The number of amides is 1. The molecule has 0 saturated carbocycles. The number of rotatable bonds is 2. The molecule has 2 aromatic rings. The lowest BCUT2D eigenvalue weighted by atomic mass is 9.96. The average Bonchev–Trinajstić information content (AvgIpc) is 2.85. The van der Waals surface area contributed by atoms with E-state index in [1.54, 1.807) is 4.90 Å². The first kappa shape index (κ1) is 13.1. The number of hydrogen-bond donors (Lipinski definition) is 1. The van der Waals surface area contributed by atoms with Crippen molar-refractivity contribution in [1.82, 2.24) is 10.1 Å². The van der Waals surface area contributed by atoms with Crippen molar-refractivity contribution in [2.24, 2.45) is 5.92 Å². The number of hydrogen-bond acceptors (Lipinski definition) is 4. The van der Waals surface area contributed by atoms with E-state index in [4.69, 9.17) is 4.52 Å². The maximum atomic E-state index is 12.3. The Morgan fingerprint density at radius 1 is 1.50 bits per heavy atom. The molecule has 3 rings (SSSR count). The van der Waals surface area contributed by atoms with E-state index in [0.717, 1.165) is 5.39 Å². The van der Waals surface area contributed by atoms with Gasteiger partial charge in [0.25, 0.3) is 0 Å². The van der Waals surface area contributed by atoms with Crippen LogP contribution in [0.2, 0.25) is 0 Å². The van der Waals surface area contributed by atoms with E-state index in [1.165, 1.54) is 0 Å². The molecule has 20 heavy (non-hydrogen) atoms. The second kappa shape index (κ2) is 5.25. The van der Waals surface area contributed by atoms with E-state index in [9.17, 15) is 9.90 Å². The lowest BCUT2D eigenvalue weighted by Crippen LogP contribution is -2.45. The fourth-order valence-electron chi connectivity index (χ4n) is 2.68. The Balaban J connectivity index is 1.73. The van der Waals surface area contributed by atoms with Crippen molar-refractivity contribution >= 4 is 16.9 Å². The van der Waals surface area contributed by atoms with Gasteiger partial charge in [-0.3, -0.25) is 4.79 Å². The summed E-state index contributed by atoms with van der Waals surface area (Å²) in [5.74, 6) is 0.171. The summed E-state index contributed by atoms with van der Waals surface area (Å²) in [6, 6.07) is 7.55. The van der Waals surface area contributed by atoms with Crippen LogP contribution in [0.4, 0.5) is 0 Å². The lowest BCUT2D eigenvalue weighted by molar-refractivity contribution is -0.134. The van der Waals surface area contributed by atoms with E-state index >= 15 is 0 Å². The number of aliphatic hydroxyl groups excluding tert-OH is 1. The third-order valence-electron chi connectivity index (χ3n) is 3.98. The Bertz CT molecular complexity index is 622. The van der Waals surface area contributed by atoms with Crippen molar-refractivity contribution in [3.8, 4) is 0 Å². The van der Waals surface area contributed by atoms with Crippen molar-refractivity contribution in [3.63, 3.8) is 0 Å². The molecule has 1 aliphatic rings. The van der Waals surface area contributed by atoms with E-state index in [1.807, 2.05) is 31.2 Å². The number of likely N-dealkylation sites (tertiary alicyclic amines) is 1. The molecule has 0 spiro atoms. The Morgan fingerprint density at radius 2 is 2.30 bits per heavy atom. The van der Waals surface area contributed by atoms with Crippen LogP contribution in [-0.4, -0.2) is 40.3 Å². The zero-order valence-electron chi connectivity index (χ0n) is 11.5. The van der Waals surface area contributed by atoms with Gasteiger partial charge in [-0.15, -0.1) is 0 Å². The largest absolute Gasteiger partial charge is 0.393 e. The molecule has 0 radical (unpaired) electrons. The number of fused-ring (bicyclic) bond motifs is 1. The van der Waals surface area contributed by atoms with E-state index < -0.39 is 0 Å². The molecular formula is C15H18N2O3. The van der Waals surface area contributed by atoms with Crippen molar-refractivity contribution in [1.29, 1.82) is 0 Å². The quantitative estimate of drug-likeness (QED) is 0.903. The van der Waals surface area contributed by atoms with Crippen LogP contribution in [0.25, 0.3) is 11.0 Å². The molecule has 2 atom stereocenters. The molecule has 2 unspecified atom stereocenters. The van der Waals surface area contributed by atoms with Crippen LogP contribution in [-0.2, 0) is 11.2 Å². The third-order valence-corrected chi connectivity index (χ3v) is 3.98. The minimum Gasteiger partial charge on any atom is -0.393 e. The van der Waals surface area contributed by atoms with E-state index in [-0.39, 0.29) is 24.3 Å². The summed E-state index contributed by atoms with van der Waals surface area (Å²) in [4.78, 5) is 14.1. The van der Waals surface area contributed by atoms with Gasteiger partial charge in [0, 0.05) is 18.5 Å². The first-order valence-electron chi connectivity index (χ1n) is 6.94. The zero-order valence-corrected chi connectivity index (χ0v) is 11.5. The summed E-state index contributed by atoms with van der Waals surface area (Å²) < 4.78 is 5.21. The van der Waals surface area contributed by atoms with Crippen molar-refractivity contribution in [2.75, 3.05) is 13.1 Å². The van der Waals surface area contributed by atoms with Crippen LogP contribution < -0.4 is 0 Å². The Morgan fingerprint density at radius 3 is 3.10 bits per heavy atom. The number of para-hydroxylation sites is 1. The molecule has 1 aromatic carbocycles. The SMILES string of the molecule is CC1CN(C(=O)Cc2noc3ccccc23)CCC1O. The molecule has 2 heterocycles. The van der Waals surface area contributed by atoms with Gasteiger partial charge in [-0.2, -0.15) is 0 Å². The van der Waals surface area contributed by atoms with Crippen LogP contribution in [0, 0.1) is 5.92 Å². The number of carbonyl (C=O) groups is 1. The predicted octanol–water partition coefficient (Wildman–Crippen LogP) is 1.60. The molecule has 106 valence electrons. The topological polar surface area (TPSA) is 66.6 Å². The molecule has 1 saturated heterocycles. The van der Waals surface area contributed by atoms with Crippen molar-refractivity contribution < 1.29 is 14.4 Å². The highest BCUT2D eigenvalue weighted by atomic mass is 16.5. The summed E-state index contributed by atoms with van der Waals surface area (Å²) >= 11 is 0. The standard InChI is InChI=1S/C15H18N2O3/c1-10-9-17(7-6-13(10)18)15(19)8-12-11-4-2-3-5-14(11)20-16-12/h2-5,10,13,18H,6-9H2,1H3. The van der Waals surface area contributed by atoms with Gasteiger partial charge >= 0.3 is 0 Å². The molecule has 1 aliphatic heterocycles. The predicted molar refractivity (Wildman–Crippen MR) is 74.1 cm³/mol. The van der Waals surface area contributed by atoms with E-state index in [2.05, 4.69) is 5.16 Å². The van der Waals surface area contributed by atoms with Gasteiger partial charge in [0.1, 0.15) is 5.69 Å². The minimum atomic E-state index is -0.299. The van der Waals surface area contributed by atoms with Crippen LogP contribution in [0.3, 0.4) is 0 Å². The summed E-state index contributed by atoms with van der Waals surface area (Å²) in [5.41, 5.74) is 1.39. The number of aliphatic hydroxyl groups is 1. The molecule has 1 amide bonds. The van der Waals surface area contributed by atoms with Gasteiger partial charge in [-0.1, -0.05) is 24.2 Å². The molecule has 5 nitrogen and oxygen atoms in total. The second-order valence-corrected chi connectivity index (χ2v) is 5.48. The van der Waals surface area contributed by atoms with Gasteiger partial charge in [-0.25, -0.2) is 0 Å². The van der Waals surface area contributed by atoms with Crippen LogP contribution >= 0.6 is 0 Å². The van der Waals surface area contributed by atoms with Gasteiger partial charge in [0.05, 0.1) is 12.5 Å². The highest BCUT2D eigenvalue weighted by Crippen LogP contribution is 2.21. The van der Waals surface area contributed by atoms with Crippen molar-refractivity contribution in [2.45, 2.75) is 25.9 Å². The molecule has 0 bridgehead atoms. The number of benzene rings is 1. The van der Waals surface area contributed by atoms with Crippen LogP contribution in [0.1, 0.15) is 19.0 Å². The molecule has 1 fully saturated rings. The van der Waals surface area contributed by atoms with Crippen LogP contribution in [0.5, 0.6) is 0 Å². The maximum absolute atomic E-state index is 12.3. The van der Waals surface area contributed by atoms with Gasteiger partial charge in [0.15, 0.2) is 5.58 Å². The highest BCUT2D eigenvalue weighted by Gasteiger charge is 2.27. The summed E-state index contributed by atoms with van der Waals surface area (Å²) in [5, 5.41) is 14.6. The summed E-state index contributed by atoms with van der Waals surface area (Å²) in [6.45, 7) is 3.19. The number of nitrogens with zero attached hydrogens (tertiary/aromatic N) is 2. The summed E-state index contributed by atoms with van der Waals surface area (Å²) in [6.07, 6.45) is 0.596. The molecular weight excluding hydrogens is 256 g/mol. The first-order valence-corrected chi connectivity index (χ1v) is 6.94. The van der Waals surface area contributed by atoms with E-state index in [0.29, 0.717) is 30.8 Å². The fourth-order valence-corrected chi connectivity index (χ4v) is 2.68. The molecule has 5 heteroatoms.